The van der Waals surface area contributed by atoms with Crippen LogP contribution in [-0.4, -0.2) is 26.9 Å². The van der Waals surface area contributed by atoms with E-state index in [9.17, 15) is 9.59 Å². The molecule has 1 N–H and O–H groups in total. The minimum absolute atomic E-state index is 0.0853. The van der Waals surface area contributed by atoms with Crippen molar-refractivity contribution in [3.8, 4) is 34.3 Å². The van der Waals surface area contributed by atoms with Gasteiger partial charge in [-0.15, -0.1) is 0 Å². The Balaban J connectivity index is 1.50. The van der Waals surface area contributed by atoms with Gasteiger partial charge in [-0.25, -0.2) is 4.98 Å². The Hall–Kier alpha value is -4.43. The van der Waals surface area contributed by atoms with Crippen LogP contribution in [0.15, 0.2) is 88.6 Å². The number of halogens is 1. The molecule has 9 heteroatoms. The Morgan fingerprint density at radius 3 is 2.47 bits per heavy atom. The molecular formula is C25H17ClN4O4. The minimum Gasteiger partial charge on any atom is -0.493 e. The first-order valence-electron chi connectivity index (χ1n) is 10.2. The third-order valence-corrected chi connectivity index (χ3v) is 5.51. The lowest BCUT2D eigenvalue weighted by molar-refractivity contribution is 0.378. The summed E-state index contributed by atoms with van der Waals surface area (Å²) in [6.07, 6.45) is 1.37. The van der Waals surface area contributed by atoms with E-state index >= 15 is 0 Å². The molecule has 5 rings (SSSR count). The van der Waals surface area contributed by atoms with E-state index in [4.69, 9.17) is 21.1 Å². The third-order valence-electron chi connectivity index (χ3n) is 5.16. The predicted molar refractivity (Wildman–Crippen MR) is 129 cm³/mol. The SMILES string of the molecule is COc1cc(-c2nc3ccccc3c(=O)[nH]2)ccc1Oc1cnn(-c2ccccc2)c(=O)c1Cl. The van der Waals surface area contributed by atoms with Crippen LogP contribution in [0.3, 0.4) is 0 Å². The van der Waals surface area contributed by atoms with Gasteiger partial charge in [-0.2, -0.15) is 9.78 Å². The van der Waals surface area contributed by atoms with Crippen molar-refractivity contribution in [2.45, 2.75) is 0 Å². The van der Waals surface area contributed by atoms with Crippen molar-refractivity contribution in [1.29, 1.82) is 0 Å². The van der Waals surface area contributed by atoms with E-state index in [0.717, 1.165) is 0 Å². The molecule has 0 saturated heterocycles. The van der Waals surface area contributed by atoms with E-state index in [1.807, 2.05) is 12.1 Å². The lowest BCUT2D eigenvalue weighted by atomic mass is 10.1. The molecule has 0 aliphatic heterocycles. The summed E-state index contributed by atoms with van der Waals surface area (Å²) >= 11 is 6.30. The molecule has 3 aromatic carbocycles. The number of nitrogens with zero attached hydrogens (tertiary/aromatic N) is 3. The van der Waals surface area contributed by atoms with E-state index in [1.54, 1.807) is 60.7 Å². The lowest BCUT2D eigenvalue weighted by Crippen LogP contribution is -2.21. The zero-order valence-electron chi connectivity index (χ0n) is 17.9. The Labute approximate surface area is 198 Å². The fourth-order valence-electron chi connectivity index (χ4n) is 3.48. The van der Waals surface area contributed by atoms with E-state index in [0.29, 0.717) is 39.5 Å². The molecule has 168 valence electrons. The van der Waals surface area contributed by atoms with Crippen LogP contribution in [0.25, 0.3) is 28.0 Å². The van der Waals surface area contributed by atoms with Gasteiger partial charge in [-0.1, -0.05) is 41.9 Å². The van der Waals surface area contributed by atoms with Crippen LogP contribution >= 0.6 is 11.6 Å². The van der Waals surface area contributed by atoms with Gasteiger partial charge in [0.2, 0.25) is 0 Å². The van der Waals surface area contributed by atoms with Crippen LogP contribution in [0.2, 0.25) is 5.02 Å². The van der Waals surface area contributed by atoms with Crippen LogP contribution in [0.1, 0.15) is 0 Å². The van der Waals surface area contributed by atoms with Crippen molar-refractivity contribution >= 4 is 22.5 Å². The summed E-state index contributed by atoms with van der Waals surface area (Å²) in [6, 6.07) is 21.1. The molecule has 0 bridgehead atoms. The number of H-pyrrole nitrogens is 1. The molecule has 0 spiro atoms. The highest BCUT2D eigenvalue weighted by Gasteiger charge is 2.16. The zero-order chi connectivity index (χ0) is 23.7. The van der Waals surface area contributed by atoms with Crippen molar-refractivity contribution in [2.75, 3.05) is 7.11 Å². The van der Waals surface area contributed by atoms with Crippen LogP contribution in [-0.2, 0) is 0 Å². The quantitative estimate of drug-likeness (QED) is 0.401. The Morgan fingerprint density at radius 2 is 1.68 bits per heavy atom. The number of methoxy groups -OCH3 is 1. The van der Waals surface area contributed by atoms with Gasteiger partial charge >= 0.3 is 0 Å². The number of nitrogens with one attached hydrogen (secondary N) is 1. The van der Waals surface area contributed by atoms with Gasteiger partial charge < -0.3 is 14.5 Å². The number of aromatic nitrogens is 4. The second-order valence-electron chi connectivity index (χ2n) is 7.27. The van der Waals surface area contributed by atoms with Gasteiger partial charge in [0.1, 0.15) is 5.82 Å². The number of hydrogen-bond acceptors (Lipinski definition) is 6. The molecule has 0 atom stereocenters. The van der Waals surface area contributed by atoms with Crippen LogP contribution in [0.4, 0.5) is 0 Å². The molecule has 2 heterocycles. The smallest absolute Gasteiger partial charge is 0.294 e. The van der Waals surface area contributed by atoms with Gasteiger partial charge in [0.05, 0.1) is 29.9 Å². The largest absolute Gasteiger partial charge is 0.493 e. The van der Waals surface area contributed by atoms with E-state index < -0.39 is 5.56 Å². The molecule has 34 heavy (non-hydrogen) atoms. The molecule has 0 aliphatic rings. The molecule has 8 nitrogen and oxygen atoms in total. The fourth-order valence-corrected chi connectivity index (χ4v) is 3.65. The van der Waals surface area contributed by atoms with Crippen molar-refractivity contribution < 1.29 is 9.47 Å². The number of fused-ring (bicyclic) bond motifs is 1. The number of ether oxygens (including phenoxy) is 2. The molecule has 0 saturated carbocycles. The summed E-state index contributed by atoms with van der Waals surface area (Å²) in [4.78, 5) is 32.5. The van der Waals surface area contributed by atoms with Gasteiger partial charge in [0.25, 0.3) is 11.1 Å². The van der Waals surface area contributed by atoms with E-state index in [-0.39, 0.29) is 16.3 Å². The summed E-state index contributed by atoms with van der Waals surface area (Å²) in [5, 5.41) is 4.55. The first-order valence-corrected chi connectivity index (χ1v) is 10.6. The standard InChI is InChI=1S/C25H17ClN4O4/c1-33-20-13-15(23-28-18-10-6-5-9-17(18)24(31)29-23)11-12-19(20)34-21-14-27-30(25(32)22(21)26)16-7-3-2-4-8-16/h2-14H,1H3,(H,28,29,31). The monoisotopic (exact) mass is 472 g/mol. The fraction of sp³-hybridized carbons (Fsp3) is 0.0400. The number of aromatic amines is 1. The van der Waals surface area contributed by atoms with Gasteiger partial charge in [-0.05, 0) is 42.5 Å². The lowest BCUT2D eigenvalue weighted by Gasteiger charge is -2.13. The normalized spacial score (nSPS) is 10.9. The summed E-state index contributed by atoms with van der Waals surface area (Å²) in [7, 11) is 1.48. The molecular weight excluding hydrogens is 456 g/mol. The van der Waals surface area contributed by atoms with Crippen LogP contribution in [0, 0.1) is 0 Å². The second-order valence-corrected chi connectivity index (χ2v) is 7.65. The van der Waals surface area contributed by atoms with Crippen LogP contribution in [0.5, 0.6) is 17.2 Å². The summed E-state index contributed by atoms with van der Waals surface area (Å²) in [5.41, 5.74) is 1.03. The highest BCUT2D eigenvalue weighted by molar-refractivity contribution is 6.31. The average Bonchev–Trinajstić information content (AvgIpc) is 2.87. The maximum atomic E-state index is 12.7. The topological polar surface area (TPSA) is 99.1 Å². The highest BCUT2D eigenvalue weighted by Crippen LogP contribution is 2.36. The number of hydrogen-bond donors (Lipinski definition) is 1. The second kappa shape index (κ2) is 8.84. The third kappa shape index (κ3) is 3.91. The Morgan fingerprint density at radius 1 is 0.912 bits per heavy atom. The number of para-hydroxylation sites is 2. The highest BCUT2D eigenvalue weighted by atomic mass is 35.5. The Bertz CT molecular complexity index is 1630. The van der Waals surface area contributed by atoms with Crippen molar-refractivity contribution in [3.05, 3.63) is 105 Å². The molecule has 0 radical (unpaired) electrons. The first kappa shape index (κ1) is 21.4. The molecule has 5 aromatic rings. The summed E-state index contributed by atoms with van der Waals surface area (Å²) in [6.45, 7) is 0. The van der Waals surface area contributed by atoms with Gasteiger partial charge in [0, 0.05) is 5.56 Å². The zero-order valence-corrected chi connectivity index (χ0v) is 18.6. The summed E-state index contributed by atoms with van der Waals surface area (Å²) in [5.74, 6) is 1.15. The Kier molecular flexibility index (Phi) is 5.57. The minimum atomic E-state index is -0.515. The number of rotatable bonds is 5. The predicted octanol–water partition coefficient (Wildman–Crippen LogP) is 4.59. The van der Waals surface area contributed by atoms with Crippen molar-refractivity contribution in [2.24, 2.45) is 0 Å². The molecule has 2 aromatic heterocycles. The van der Waals surface area contributed by atoms with Gasteiger partial charge in [0.15, 0.2) is 22.3 Å². The molecule has 0 fully saturated rings. The van der Waals surface area contributed by atoms with Crippen molar-refractivity contribution in [1.82, 2.24) is 19.7 Å². The molecule has 0 unspecified atom stereocenters. The van der Waals surface area contributed by atoms with Gasteiger partial charge in [-0.3, -0.25) is 9.59 Å². The van der Waals surface area contributed by atoms with Crippen LogP contribution < -0.4 is 20.6 Å². The average molecular weight is 473 g/mol. The maximum Gasteiger partial charge on any atom is 0.294 e. The number of benzene rings is 3. The first-order chi connectivity index (χ1) is 16.5. The molecule has 0 aliphatic carbocycles. The van der Waals surface area contributed by atoms with Crippen molar-refractivity contribution in [3.63, 3.8) is 0 Å². The van der Waals surface area contributed by atoms with E-state index in [1.165, 1.54) is 18.0 Å². The maximum absolute atomic E-state index is 12.7. The summed E-state index contributed by atoms with van der Waals surface area (Å²) < 4.78 is 12.5. The van der Waals surface area contributed by atoms with E-state index in [2.05, 4.69) is 15.1 Å². The molecule has 0 amide bonds.